The Morgan fingerprint density at radius 3 is 2.83 bits per heavy atom. The molecule has 0 amide bonds. The van der Waals surface area contributed by atoms with Crippen LogP contribution in [0.15, 0.2) is 46.8 Å². The summed E-state index contributed by atoms with van der Waals surface area (Å²) < 4.78 is 13.8. The van der Waals surface area contributed by atoms with E-state index in [0.717, 1.165) is 37.5 Å². The Hall–Kier alpha value is -1.15. The van der Waals surface area contributed by atoms with E-state index >= 15 is 0 Å². The van der Waals surface area contributed by atoms with Gasteiger partial charge in [-0.25, -0.2) is 4.39 Å². The van der Waals surface area contributed by atoms with Crippen LogP contribution in [-0.2, 0) is 6.42 Å². The molecule has 3 nitrogen and oxygen atoms in total. The van der Waals surface area contributed by atoms with Crippen molar-refractivity contribution in [2.75, 3.05) is 13.1 Å². The van der Waals surface area contributed by atoms with Crippen molar-refractivity contribution in [1.82, 2.24) is 10.6 Å². The number of rotatable bonds is 6. The molecular weight excluding hydrogens is 436 g/mol. The second-order valence-corrected chi connectivity index (χ2v) is 6.74. The van der Waals surface area contributed by atoms with Crippen molar-refractivity contribution in [2.45, 2.75) is 31.7 Å². The van der Waals surface area contributed by atoms with Gasteiger partial charge in [-0.2, -0.15) is 0 Å². The van der Waals surface area contributed by atoms with Gasteiger partial charge in [-0.1, -0.05) is 24.3 Å². The summed E-state index contributed by atoms with van der Waals surface area (Å²) in [7, 11) is 0. The van der Waals surface area contributed by atoms with Gasteiger partial charge in [0.15, 0.2) is 5.96 Å². The first kappa shape index (κ1) is 19.2. The first-order chi connectivity index (χ1) is 11.3. The molecular formula is C18H23FIN3S. The largest absolute Gasteiger partial charge is 0.357 e. The van der Waals surface area contributed by atoms with E-state index in [0.29, 0.717) is 0 Å². The molecule has 2 aromatic rings. The zero-order chi connectivity index (χ0) is 16.1. The molecule has 1 aromatic carbocycles. The van der Waals surface area contributed by atoms with Gasteiger partial charge in [0.1, 0.15) is 5.82 Å². The average Bonchev–Trinajstić information content (AvgIpc) is 3.09. The maximum atomic E-state index is 13.8. The van der Waals surface area contributed by atoms with E-state index in [1.165, 1.54) is 10.9 Å². The normalized spacial score (nSPS) is 19.5. The molecule has 1 heterocycles. The molecule has 130 valence electrons. The zero-order valence-corrected chi connectivity index (χ0v) is 16.8. The number of nitrogens with one attached hydrogen (secondary N) is 2. The topological polar surface area (TPSA) is 36.4 Å². The Morgan fingerprint density at radius 1 is 1.29 bits per heavy atom. The Labute approximate surface area is 163 Å². The van der Waals surface area contributed by atoms with Crippen LogP contribution in [0.25, 0.3) is 0 Å². The fraction of sp³-hybridized carbons (Fsp3) is 0.389. The van der Waals surface area contributed by atoms with E-state index in [9.17, 15) is 4.39 Å². The number of benzene rings is 1. The predicted octanol–water partition coefficient (Wildman–Crippen LogP) is 4.16. The lowest BCUT2D eigenvalue weighted by Crippen LogP contribution is -2.39. The molecule has 0 radical (unpaired) electrons. The van der Waals surface area contributed by atoms with Crippen LogP contribution in [0.2, 0.25) is 0 Å². The van der Waals surface area contributed by atoms with E-state index in [1.807, 2.05) is 12.1 Å². The monoisotopic (exact) mass is 459 g/mol. The highest BCUT2D eigenvalue weighted by molar-refractivity contribution is 14.0. The lowest BCUT2D eigenvalue weighted by atomic mass is 10.1. The fourth-order valence-electron chi connectivity index (χ4n) is 2.70. The number of hydrogen-bond donors (Lipinski definition) is 2. The molecule has 6 heteroatoms. The number of halogens is 2. The van der Waals surface area contributed by atoms with Crippen LogP contribution in [-0.4, -0.2) is 25.1 Å². The van der Waals surface area contributed by atoms with Crippen LogP contribution in [0.5, 0.6) is 0 Å². The summed E-state index contributed by atoms with van der Waals surface area (Å²) in [4.78, 5) is 5.97. The molecule has 1 fully saturated rings. The van der Waals surface area contributed by atoms with Crippen LogP contribution >= 0.6 is 35.3 Å². The van der Waals surface area contributed by atoms with Gasteiger partial charge in [0.2, 0.25) is 0 Å². The minimum atomic E-state index is -0.110. The second-order valence-electron chi connectivity index (χ2n) is 5.70. The zero-order valence-electron chi connectivity index (χ0n) is 13.7. The smallest absolute Gasteiger partial charge is 0.191 e. The summed E-state index contributed by atoms with van der Waals surface area (Å²) in [6, 6.07) is 11.5. The maximum absolute atomic E-state index is 13.8. The summed E-state index contributed by atoms with van der Waals surface area (Å²) in [5.41, 5.74) is 0.805. The second kappa shape index (κ2) is 9.36. The molecule has 24 heavy (non-hydrogen) atoms. The van der Waals surface area contributed by atoms with E-state index in [4.69, 9.17) is 0 Å². The van der Waals surface area contributed by atoms with Crippen molar-refractivity contribution in [3.63, 3.8) is 0 Å². The Balaban J connectivity index is 0.00000208. The van der Waals surface area contributed by atoms with Crippen LogP contribution in [0.4, 0.5) is 4.39 Å². The van der Waals surface area contributed by atoms with Crippen molar-refractivity contribution in [3.8, 4) is 0 Å². The molecule has 1 aliphatic rings. The van der Waals surface area contributed by atoms with Crippen molar-refractivity contribution < 1.29 is 4.39 Å². The van der Waals surface area contributed by atoms with Gasteiger partial charge in [-0.15, -0.1) is 35.3 Å². The maximum Gasteiger partial charge on any atom is 0.191 e. The van der Waals surface area contributed by atoms with E-state index < -0.39 is 0 Å². The highest BCUT2D eigenvalue weighted by Gasteiger charge is 2.40. The molecule has 1 aliphatic carbocycles. The molecule has 2 N–H and O–H groups in total. The third-order valence-corrected chi connectivity index (χ3v) is 4.91. The number of thiophene rings is 1. The first-order valence-corrected chi connectivity index (χ1v) is 8.97. The van der Waals surface area contributed by atoms with Gasteiger partial charge < -0.3 is 10.6 Å². The summed E-state index contributed by atoms with van der Waals surface area (Å²) in [6.07, 6.45) is 1.91. The molecule has 1 saturated carbocycles. The van der Waals surface area contributed by atoms with Crippen molar-refractivity contribution in [3.05, 3.63) is 58.0 Å². The van der Waals surface area contributed by atoms with Crippen molar-refractivity contribution in [2.24, 2.45) is 4.99 Å². The molecule has 2 unspecified atom stereocenters. The highest BCUT2D eigenvalue weighted by atomic mass is 127. The summed E-state index contributed by atoms with van der Waals surface area (Å²) in [6.45, 7) is 3.63. The average molecular weight is 459 g/mol. The SMILES string of the molecule is CCNC(=NCCc1cccs1)NC1CC1c1ccccc1F.I. The molecule has 0 spiro atoms. The van der Waals surface area contributed by atoms with Gasteiger partial charge in [-0.3, -0.25) is 4.99 Å². The minimum absolute atomic E-state index is 0. The van der Waals surface area contributed by atoms with Crippen LogP contribution in [0.3, 0.4) is 0 Å². The van der Waals surface area contributed by atoms with Crippen LogP contribution in [0, 0.1) is 5.82 Å². The molecule has 0 saturated heterocycles. The number of aliphatic imine (C=N–C) groups is 1. The highest BCUT2D eigenvalue weighted by Crippen LogP contribution is 2.41. The molecule has 3 rings (SSSR count). The molecule has 2 atom stereocenters. The van der Waals surface area contributed by atoms with E-state index in [2.05, 4.69) is 40.1 Å². The van der Waals surface area contributed by atoms with Crippen molar-refractivity contribution in [1.29, 1.82) is 0 Å². The van der Waals surface area contributed by atoms with E-state index in [1.54, 1.807) is 17.4 Å². The molecule has 0 bridgehead atoms. The van der Waals surface area contributed by atoms with Crippen LogP contribution in [0.1, 0.15) is 29.7 Å². The summed E-state index contributed by atoms with van der Waals surface area (Å²) in [5, 5.41) is 8.78. The quantitative estimate of drug-likeness (QED) is 0.387. The third kappa shape index (κ3) is 5.17. The molecule has 0 aliphatic heterocycles. The van der Waals surface area contributed by atoms with Crippen molar-refractivity contribution >= 4 is 41.3 Å². The predicted molar refractivity (Wildman–Crippen MR) is 110 cm³/mol. The van der Waals surface area contributed by atoms with Gasteiger partial charge >= 0.3 is 0 Å². The lowest BCUT2D eigenvalue weighted by molar-refractivity contribution is 0.607. The molecule has 1 aromatic heterocycles. The standard InChI is InChI=1S/C18H22FN3S.HI/c1-2-20-18(21-10-9-13-6-5-11-23-13)22-17-12-15(17)14-7-3-4-8-16(14)19;/h3-8,11,15,17H,2,9-10,12H2,1H3,(H2,20,21,22);1H. The van der Waals surface area contributed by atoms with E-state index in [-0.39, 0.29) is 41.8 Å². The third-order valence-electron chi connectivity index (χ3n) is 3.97. The van der Waals surface area contributed by atoms with Gasteiger partial charge in [0, 0.05) is 36.3 Å². The number of nitrogens with zero attached hydrogens (tertiary/aromatic N) is 1. The fourth-order valence-corrected chi connectivity index (χ4v) is 3.40. The lowest BCUT2D eigenvalue weighted by Gasteiger charge is -2.11. The van der Waals surface area contributed by atoms with Gasteiger partial charge in [0.05, 0.1) is 0 Å². The number of hydrogen-bond acceptors (Lipinski definition) is 2. The first-order valence-electron chi connectivity index (χ1n) is 8.09. The number of guanidine groups is 1. The summed E-state index contributed by atoms with van der Waals surface area (Å²) in [5.74, 6) is 0.965. The Bertz CT molecular complexity index is 660. The van der Waals surface area contributed by atoms with Crippen LogP contribution < -0.4 is 10.6 Å². The minimum Gasteiger partial charge on any atom is -0.357 e. The Morgan fingerprint density at radius 2 is 2.12 bits per heavy atom. The van der Waals surface area contributed by atoms with Gasteiger partial charge in [-0.05, 0) is 36.4 Å². The Kier molecular flexibility index (Phi) is 7.48. The summed E-state index contributed by atoms with van der Waals surface area (Å²) >= 11 is 1.76. The van der Waals surface area contributed by atoms with Gasteiger partial charge in [0.25, 0.3) is 0 Å².